The summed E-state index contributed by atoms with van der Waals surface area (Å²) < 4.78 is 66.0. The van der Waals surface area contributed by atoms with Crippen molar-refractivity contribution in [2.45, 2.75) is 11.1 Å². The van der Waals surface area contributed by atoms with Crippen LogP contribution in [0.4, 0.5) is 13.2 Å². The number of carbonyl (C=O) groups is 2. The summed E-state index contributed by atoms with van der Waals surface area (Å²) in [5.41, 5.74) is 4.13. The second kappa shape index (κ2) is 9.09. The van der Waals surface area contributed by atoms with Gasteiger partial charge in [0.25, 0.3) is 11.8 Å². The monoisotopic (exact) mass is 446 g/mol. The second-order valence-electron chi connectivity index (χ2n) is 6.01. The van der Waals surface area contributed by atoms with Crippen LogP contribution in [0.5, 0.6) is 5.88 Å². The van der Waals surface area contributed by atoms with E-state index in [1.54, 1.807) is 0 Å². The zero-order valence-electron chi connectivity index (χ0n) is 15.7. The summed E-state index contributed by atoms with van der Waals surface area (Å²) in [4.78, 5) is 27.7. The molecule has 0 fully saturated rings. The van der Waals surface area contributed by atoms with Gasteiger partial charge in [0.05, 0.1) is 10.5 Å². The first-order valence-corrected chi connectivity index (χ1v) is 9.63. The predicted molar refractivity (Wildman–Crippen MR) is 98.0 cm³/mol. The lowest BCUT2D eigenvalue weighted by atomic mass is 10.2. The predicted octanol–water partition coefficient (Wildman–Crippen LogP) is 1.35. The molecule has 0 radical (unpaired) electrons. The fourth-order valence-corrected chi connectivity index (χ4v) is 2.97. The number of ether oxygens (including phenoxy) is 1. The smallest absolute Gasteiger partial charge is 0.422 e. The minimum absolute atomic E-state index is 0.0211. The molecule has 9 nitrogen and oxygen atoms in total. The molecule has 30 heavy (non-hydrogen) atoms. The van der Waals surface area contributed by atoms with Crippen molar-refractivity contribution < 1.29 is 35.9 Å². The van der Waals surface area contributed by atoms with Crippen LogP contribution in [0, 0.1) is 0 Å². The molecule has 0 aliphatic rings. The van der Waals surface area contributed by atoms with E-state index in [2.05, 4.69) is 20.6 Å². The van der Waals surface area contributed by atoms with Gasteiger partial charge in [-0.1, -0.05) is 6.07 Å². The van der Waals surface area contributed by atoms with Crippen LogP contribution in [-0.2, 0) is 10.0 Å². The summed E-state index contributed by atoms with van der Waals surface area (Å²) in [7, 11) is -1.06. The van der Waals surface area contributed by atoms with Crippen molar-refractivity contribution in [2.75, 3.05) is 20.7 Å². The lowest BCUT2D eigenvalue weighted by Crippen LogP contribution is -2.41. The van der Waals surface area contributed by atoms with E-state index in [-0.39, 0.29) is 21.9 Å². The summed E-state index contributed by atoms with van der Waals surface area (Å²) in [6.45, 7) is -1.52. The number of pyridine rings is 1. The van der Waals surface area contributed by atoms with Gasteiger partial charge in [-0.15, -0.1) is 0 Å². The van der Waals surface area contributed by atoms with Crippen LogP contribution in [0.25, 0.3) is 0 Å². The molecule has 2 rings (SSSR count). The van der Waals surface area contributed by atoms with E-state index in [1.165, 1.54) is 32.3 Å². The third-order valence-corrected chi connectivity index (χ3v) is 5.36. The number of nitrogens with zero attached hydrogens (tertiary/aromatic N) is 2. The zero-order valence-corrected chi connectivity index (χ0v) is 16.5. The molecule has 162 valence electrons. The normalized spacial score (nSPS) is 11.8. The van der Waals surface area contributed by atoms with E-state index in [1.807, 2.05) is 0 Å². The van der Waals surface area contributed by atoms with E-state index in [9.17, 15) is 31.2 Å². The van der Waals surface area contributed by atoms with E-state index >= 15 is 0 Å². The van der Waals surface area contributed by atoms with Crippen LogP contribution in [0.3, 0.4) is 0 Å². The highest BCUT2D eigenvalue weighted by atomic mass is 32.2. The molecule has 0 bridgehead atoms. The van der Waals surface area contributed by atoms with Gasteiger partial charge in [0.2, 0.25) is 15.9 Å². The molecule has 2 aromatic rings. The Morgan fingerprint density at radius 1 is 1.07 bits per heavy atom. The van der Waals surface area contributed by atoms with E-state index in [0.29, 0.717) is 0 Å². The third kappa shape index (κ3) is 6.15. The number of carbonyl (C=O) groups excluding carboxylic acids is 2. The number of benzene rings is 1. The van der Waals surface area contributed by atoms with Crippen LogP contribution < -0.4 is 15.6 Å². The van der Waals surface area contributed by atoms with Crippen molar-refractivity contribution in [3.63, 3.8) is 0 Å². The number of halogens is 3. The maximum atomic E-state index is 12.2. The van der Waals surface area contributed by atoms with E-state index in [0.717, 1.165) is 28.7 Å². The van der Waals surface area contributed by atoms with Crippen molar-refractivity contribution in [1.82, 2.24) is 20.1 Å². The van der Waals surface area contributed by atoms with E-state index in [4.69, 9.17) is 0 Å². The van der Waals surface area contributed by atoms with Crippen LogP contribution in [-0.4, -0.2) is 56.4 Å². The number of alkyl halides is 3. The Labute approximate surface area is 169 Å². The Bertz CT molecular complexity index is 1020. The highest BCUT2D eigenvalue weighted by molar-refractivity contribution is 7.89. The average molecular weight is 446 g/mol. The Morgan fingerprint density at radius 2 is 1.70 bits per heavy atom. The van der Waals surface area contributed by atoms with Crippen molar-refractivity contribution >= 4 is 21.8 Å². The van der Waals surface area contributed by atoms with Crippen LogP contribution in [0.1, 0.15) is 20.7 Å². The minimum atomic E-state index is -4.52. The number of hydrogen-bond donors (Lipinski definition) is 2. The van der Waals surface area contributed by atoms with Crippen molar-refractivity contribution in [1.29, 1.82) is 0 Å². The number of aromatic nitrogens is 1. The maximum Gasteiger partial charge on any atom is 0.422 e. The molecule has 2 amide bonds. The molecule has 0 saturated heterocycles. The molecule has 0 aliphatic carbocycles. The summed E-state index contributed by atoms with van der Waals surface area (Å²) in [6.07, 6.45) is -3.55. The lowest BCUT2D eigenvalue weighted by Gasteiger charge is -2.12. The Balaban J connectivity index is 1.99. The molecule has 0 atom stereocenters. The molecular formula is C17H17F3N4O5S. The van der Waals surface area contributed by atoms with Gasteiger partial charge in [0.15, 0.2) is 6.61 Å². The lowest BCUT2D eigenvalue weighted by molar-refractivity contribution is -0.154. The van der Waals surface area contributed by atoms with Gasteiger partial charge in [-0.3, -0.25) is 20.4 Å². The number of nitrogens with one attached hydrogen (secondary N) is 2. The van der Waals surface area contributed by atoms with Gasteiger partial charge in [0.1, 0.15) is 0 Å². The first-order valence-electron chi connectivity index (χ1n) is 8.19. The third-order valence-electron chi connectivity index (χ3n) is 3.55. The topological polar surface area (TPSA) is 118 Å². The summed E-state index contributed by atoms with van der Waals surface area (Å²) >= 11 is 0. The van der Waals surface area contributed by atoms with Gasteiger partial charge in [-0.2, -0.15) is 13.2 Å². The van der Waals surface area contributed by atoms with Gasteiger partial charge in [-0.05, 0) is 24.3 Å². The van der Waals surface area contributed by atoms with Gasteiger partial charge < -0.3 is 4.74 Å². The Morgan fingerprint density at radius 3 is 2.23 bits per heavy atom. The number of sulfonamides is 1. The number of hydrazine groups is 1. The van der Waals surface area contributed by atoms with Gasteiger partial charge >= 0.3 is 6.18 Å². The van der Waals surface area contributed by atoms with Gasteiger partial charge in [-0.25, -0.2) is 17.7 Å². The van der Waals surface area contributed by atoms with Gasteiger partial charge in [0, 0.05) is 31.9 Å². The molecule has 2 N–H and O–H groups in total. The zero-order chi connectivity index (χ0) is 22.5. The quantitative estimate of drug-likeness (QED) is 0.647. The SMILES string of the molecule is CN(C)S(=O)(=O)c1cccc(C(=O)NNC(=O)c2ccc(OCC(F)(F)F)nc2)c1. The molecule has 0 saturated carbocycles. The molecule has 13 heteroatoms. The molecule has 0 unspecified atom stereocenters. The van der Waals surface area contributed by atoms with Crippen molar-refractivity contribution in [3.8, 4) is 5.88 Å². The first kappa shape index (κ1) is 23.1. The summed E-state index contributed by atoms with van der Waals surface area (Å²) in [6, 6.07) is 7.41. The highest BCUT2D eigenvalue weighted by Gasteiger charge is 2.28. The molecule has 1 aromatic carbocycles. The van der Waals surface area contributed by atoms with Crippen molar-refractivity contribution in [2.24, 2.45) is 0 Å². The molecular weight excluding hydrogens is 429 g/mol. The van der Waals surface area contributed by atoms with Crippen LogP contribution >= 0.6 is 0 Å². The second-order valence-corrected chi connectivity index (χ2v) is 8.16. The number of rotatable bonds is 6. The Hall–Kier alpha value is -3.19. The standard InChI is InChI=1S/C17H17F3N4O5S/c1-24(2)30(27,28)13-5-3-4-11(8-13)15(25)22-23-16(26)12-6-7-14(21-9-12)29-10-17(18,19)20/h3-9H,10H2,1-2H3,(H,22,25)(H,23,26). The molecule has 0 aliphatic heterocycles. The van der Waals surface area contributed by atoms with Crippen molar-refractivity contribution in [3.05, 3.63) is 53.7 Å². The Kier molecular flexibility index (Phi) is 7.00. The fourth-order valence-electron chi connectivity index (χ4n) is 2.02. The number of amides is 2. The highest BCUT2D eigenvalue weighted by Crippen LogP contribution is 2.17. The molecule has 0 spiro atoms. The first-order chi connectivity index (χ1) is 13.9. The van der Waals surface area contributed by atoms with Crippen LogP contribution in [0.2, 0.25) is 0 Å². The summed E-state index contributed by atoms with van der Waals surface area (Å²) in [5, 5.41) is 0. The molecule has 1 heterocycles. The largest absolute Gasteiger partial charge is 0.468 e. The maximum absolute atomic E-state index is 12.2. The van der Waals surface area contributed by atoms with E-state index < -0.39 is 34.6 Å². The summed E-state index contributed by atoms with van der Waals surface area (Å²) in [5.74, 6) is -1.90. The minimum Gasteiger partial charge on any atom is -0.468 e. The fraction of sp³-hybridized carbons (Fsp3) is 0.235. The number of hydrogen-bond acceptors (Lipinski definition) is 6. The average Bonchev–Trinajstić information content (AvgIpc) is 2.70. The molecule has 1 aromatic heterocycles. The van der Waals surface area contributed by atoms with Crippen LogP contribution in [0.15, 0.2) is 47.5 Å².